The lowest BCUT2D eigenvalue weighted by Crippen LogP contribution is -2.15. The number of fused-ring (bicyclic) bond motifs is 1. The van der Waals surface area contributed by atoms with Gasteiger partial charge in [-0.05, 0) is 48.2 Å². The van der Waals surface area contributed by atoms with E-state index >= 15 is 0 Å². The van der Waals surface area contributed by atoms with Crippen LogP contribution in [0.25, 0.3) is 16.9 Å². The Morgan fingerprint density at radius 1 is 0.923 bits per heavy atom. The van der Waals surface area contributed by atoms with Gasteiger partial charge >= 0.3 is 0 Å². The van der Waals surface area contributed by atoms with Crippen LogP contribution in [0.15, 0.2) is 78.0 Å². The lowest BCUT2D eigenvalue weighted by atomic mass is 10.0. The molecule has 0 radical (unpaired) electrons. The number of benzene rings is 1. The van der Waals surface area contributed by atoms with Crippen molar-refractivity contribution in [1.82, 2.24) is 14.4 Å². The predicted molar refractivity (Wildman–Crippen MR) is 98.5 cm³/mol. The Hall–Kier alpha value is -3.34. The summed E-state index contributed by atoms with van der Waals surface area (Å²) in [5.41, 5.74) is 3.46. The Morgan fingerprint density at radius 3 is 2.46 bits per heavy atom. The minimum absolute atomic E-state index is 0.144. The molecular formula is C21H16FN3O. The summed E-state index contributed by atoms with van der Waals surface area (Å²) in [5, 5.41) is 0. The van der Waals surface area contributed by atoms with Crippen molar-refractivity contribution in [2.75, 3.05) is 0 Å². The molecule has 0 N–H and O–H groups in total. The molecule has 1 aromatic carbocycles. The maximum Gasteiger partial charge on any atom is 0.258 e. The molecule has 0 spiro atoms. The number of halogens is 1. The third-order valence-corrected chi connectivity index (χ3v) is 4.37. The van der Waals surface area contributed by atoms with E-state index < -0.39 is 0 Å². The summed E-state index contributed by atoms with van der Waals surface area (Å²) in [4.78, 5) is 21.2. The molecule has 0 amide bonds. The quantitative estimate of drug-likeness (QED) is 0.567. The standard InChI is InChI=1S/C21H16FN3O/c22-18-6-2-1-4-15(18)7-8-17-5-3-13-25-20(26)14-19(24-21(17)25)16-9-11-23-12-10-16/h1-6,9-14H,7-8H2. The maximum absolute atomic E-state index is 13.9. The minimum Gasteiger partial charge on any atom is -0.269 e. The minimum atomic E-state index is -0.213. The average Bonchev–Trinajstić information content (AvgIpc) is 2.68. The first-order chi connectivity index (χ1) is 12.7. The highest BCUT2D eigenvalue weighted by Gasteiger charge is 2.09. The highest BCUT2D eigenvalue weighted by molar-refractivity contribution is 5.62. The van der Waals surface area contributed by atoms with E-state index in [1.54, 1.807) is 30.7 Å². The van der Waals surface area contributed by atoms with Gasteiger partial charge in [-0.25, -0.2) is 9.37 Å². The average molecular weight is 345 g/mol. The molecule has 128 valence electrons. The van der Waals surface area contributed by atoms with Crippen molar-refractivity contribution in [3.05, 3.63) is 100 Å². The molecule has 0 fully saturated rings. The van der Waals surface area contributed by atoms with Crippen LogP contribution in [0.1, 0.15) is 11.1 Å². The fourth-order valence-electron chi connectivity index (χ4n) is 3.02. The first-order valence-corrected chi connectivity index (χ1v) is 8.37. The van der Waals surface area contributed by atoms with Gasteiger partial charge in [0.25, 0.3) is 5.56 Å². The SMILES string of the molecule is O=c1cc(-c2ccncc2)nc2c(CCc3ccccc3F)cccn12. The summed E-state index contributed by atoms with van der Waals surface area (Å²) in [6, 6.07) is 15.6. The molecule has 0 atom stereocenters. The number of aromatic nitrogens is 3. The number of aryl methyl sites for hydroxylation is 2. The first kappa shape index (κ1) is 16.1. The topological polar surface area (TPSA) is 47.3 Å². The summed E-state index contributed by atoms with van der Waals surface area (Å²) < 4.78 is 15.4. The molecule has 0 saturated carbocycles. The van der Waals surface area contributed by atoms with Crippen LogP contribution in [0, 0.1) is 5.82 Å². The molecule has 4 rings (SSSR count). The molecule has 0 aliphatic carbocycles. The van der Waals surface area contributed by atoms with E-state index in [9.17, 15) is 9.18 Å². The van der Waals surface area contributed by atoms with Gasteiger partial charge in [0.1, 0.15) is 11.5 Å². The molecule has 0 aliphatic heterocycles. The molecule has 3 aromatic heterocycles. The molecular weight excluding hydrogens is 329 g/mol. The van der Waals surface area contributed by atoms with Crippen molar-refractivity contribution in [3.63, 3.8) is 0 Å². The van der Waals surface area contributed by atoms with Crippen LogP contribution in [0.4, 0.5) is 4.39 Å². The molecule has 26 heavy (non-hydrogen) atoms. The molecule has 0 unspecified atom stereocenters. The Bertz CT molecular complexity index is 1120. The second kappa shape index (κ2) is 6.88. The van der Waals surface area contributed by atoms with Gasteiger partial charge in [0.2, 0.25) is 0 Å². The number of nitrogens with zero attached hydrogens (tertiary/aromatic N) is 3. The monoisotopic (exact) mass is 345 g/mol. The van der Waals surface area contributed by atoms with Crippen LogP contribution >= 0.6 is 0 Å². The zero-order valence-electron chi connectivity index (χ0n) is 14.0. The van der Waals surface area contributed by atoms with Crippen LogP contribution in [0.3, 0.4) is 0 Å². The summed E-state index contributed by atoms with van der Waals surface area (Å²) in [5.74, 6) is -0.213. The fraction of sp³-hybridized carbons (Fsp3) is 0.0952. The Labute approximate surface area is 149 Å². The van der Waals surface area contributed by atoms with Gasteiger partial charge in [-0.1, -0.05) is 24.3 Å². The van der Waals surface area contributed by atoms with Crippen LogP contribution in [0.5, 0.6) is 0 Å². The zero-order chi connectivity index (χ0) is 17.9. The van der Waals surface area contributed by atoms with Crippen molar-refractivity contribution in [2.24, 2.45) is 0 Å². The largest absolute Gasteiger partial charge is 0.269 e. The van der Waals surface area contributed by atoms with Crippen molar-refractivity contribution < 1.29 is 4.39 Å². The molecule has 0 aliphatic rings. The van der Waals surface area contributed by atoms with Crippen LogP contribution < -0.4 is 5.56 Å². The zero-order valence-corrected chi connectivity index (χ0v) is 14.0. The van der Waals surface area contributed by atoms with Crippen molar-refractivity contribution >= 4 is 5.65 Å². The first-order valence-electron chi connectivity index (χ1n) is 8.37. The Balaban J connectivity index is 1.76. The van der Waals surface area contributed by atoms with Crippen molar-refractivity contribution in [2.45, 2.75) is 12.8 Å². The van der Waals surface area contributed by atoms with E-state index in [0.717, 1.165) is 11.1 Å². The highest BCUT2D eigenvalue weighted by Crippen LogP contribution is 2.18. The predicted octanol–water partition coefficient (Wildman–Crippen LogP) is 3.68. The van der Waals surface area contributed by atoms with Crippen molar-refractivity contribution in [3.8, 4) is 11.3 Å². The normalized spacial score (nSPS) is 11.0. The molecule has 4 nitrogen and oxygen atoms in total. The van der Waals surface area contributed by atoms with Gasteiger partial charge in [-0.3, -0.25) is 14.2 Å². The maximum atomic E-state index is 13.9. The van der Waals surface area contributed by atoms with Gasteiger partial charge < -0.3 is 0 Å². The Kier molecular flexibility index (Phi) is 4.27. The van der Waals surface area contributed by atoms with Gasteiger partial charge in [0.05, 0.1) is 5.69 Å². The third-order valence-electron chi connectivity index (χ3n) is 4.37. The summed E-state index contributed by atoms with van der Waals surface area (Å²) in [7, 11) is 0. The number of pyridine rings is 2. The third kappa shape index (κ3) is 3.11. The molecule has 4 aromatic rings. The van der Waals surface area contributed by atoms with Gasteiger partial charge in [-0.15, -0.1) is 0 Å². The molecule has 5 heteroatoms. The molecule has 0 bridgehead atoms. The van der Waals surface area contributed by atoms with Crippen LogP contribution in [-0.4, -0.2) is 14.4 Å². The number of hydrogen-bond acceptors (Lipinski definition) is 3. The van der Waals surface area contributed by atoms with E-state index in [-0.39, 0.29) is 11.4 Å². The van der Waals surface area contributed by atoms with Crippen LogP contribution in [-0.2, 0) is 12.8 Å². The number of rotatable bonds is 4. The number of hydrogen-bond donors (Lipinski definition) is 0. The van der Waals surface area contributed by atoms with Gasteiger partial charge in [-0.2, -0.15) is 0 Å². The second-order valence-electron chi connectivity index (χ2n) is 6.03. The van der Waals surface area contributed by atoms with E-state index in [2.05, 4.69) is 9.97 Å². The summed E-state index contributed by atoms with van der Waals surface area (Å²) in [6.07, 6.45) is 6.18. The summed E-state index contributed by atoms with van der Waals surface area (Å²) in [6.45, 7) is 0. The van der Waals surface area contributed by atoms with E-state index in [1.807, 2.05) is 30.3 Å². The van der Waals surface area contributed by atoms with Gasteiger partial charge in [0.15, 0.2) is 0 Å². The summed E-state index contributed by atoms with van der Waals surface area (Å²) >= 11 is 0. The smallest absolute Gasteiger partial charge is 0.258 e. The van der Waals surface area contributed by atoms with Crippen LogP contribution in [0.2, 0.25) is 0 Å². The van der Waals surface area contributed by atoms with Crippen molar-refractivity contribution in [1.29, 1.82) is 0 Å². The second-order valence-corrected chi connectivity index (χ2v) is 6.03. The molecule has 3 heterocycles. The lowest BCUT2D eigenvalue weighted by molar-refractivity contribution is 0.608. The fourth-order valence-corrected chi connectivity index (χ4v) is 3.02. The molecule has 0 saturated heterocycles. The van der Waals surface area contributed by atoms with E-state index in [0.29, 0.717) is 29.7 Å². The highest BCUT2D eigenvalue weighted by atomic mass is 19.1. The lowest BCUT2D eigenvalue weighted by Gasteiger charge is -2.09. The van der Waals surface area contributed by atoms with E-state index in [1.165, 1.54) is 16.5 Å². The Morgan fingerprint density at radius 2 is 1.65 bits per heavy atom. The van der Waals surface area contributed by atoms with E-state index in [4.69, 9.17) is 0 Å². The van der Waals surface area contributed by atoms with Gasteiger partial charge in [0, 0.05) is 30.2 Å².